The standard InChI is InChI=1S/C18H19BrN2O4/c1-9-5-6-12(7-13(9)19)20-15(23)8-14-16(18(24)25-4)10(2)17(21-14)11(3)22/h5-7,21H,8H2,1-4H3,(H,20,23). The molecule has 1 heterocycles. The Kier molecular flexibility index (Phi) is 5.79. The number of aromatic amines is 1. The van der Waals surface area contributed by atoms with Crippen LogP contribution < -0.4 is 5.32 Å². The third-order valence-electron chi connectivity index (χ3n) is 3.86. The molecule has 2 aromatic rings. The van der Waals surface area contributed by atoms with E-state index in [9.17, 15) is 14.4 Å². The van der Waals surface area contributed by atoms with Crippen molar-refractivity contribution in [3.05, 3.63) is 50.8 Å². The summed E-state index contributed by atoms with van der Waals surface area (Å²) in [4.78, 5) is 39.0. The quantitative estimate of drug-likeness (QED) is 0.586. The number of benzene rings is 1. The van der Waals surface area contributed by atoms with Gasteiger partial charge in [0.05, 0.1) is 24.8 Å². The number of carbonyl (C=O) groups is 3. The van der Waals surface area contributed by atoms with Gasteiger partial charge in [-0.1, -0.05) is 22.0 Å². The molecule has 0 unspecified atom stereocenters. The number of aromatic nitrogens is 1. The molecule has 0 saturated heterocycles. The van der Waals surface area contributed by atoms with E-state index < -0.39 is 5.97 Å². The number of ketones is 1. The van der Waals surface area contributed by atoms with Crippen molar-refractivity contribution in [3.63, 3.8) is 0 Å². The lowest BCUT2D eigenvalue weighted by molar-refractivity contribution is -0.115. The molecule has 1 aromatic carbocycles. The van der Waals surface area contributed by atoms with Crippen molar-refractivity contribution in [2.75, 3.05) is 12.4 Å². The molecule has 2 N–H and O–H groups in total. The Bertz CT molecular complexity index is 855. The predicted octanol–water partition coefficient (Wildman–Crippen LogP) is 3.56. The van der Waals surface area contributed by atoms with E-state index in [0.29, 0.717) is 22.6 Å². The van der Waals surface area contributed by atoms with Gasteiger partial charge in [-0.2, -0.15) is 0 Å². The molecule has 0 fully saturated rings. The average Bonchev–Trinajstić information content (AvgIpc) is 2.86. The average molecular weight is 407 g/mol. The third kappa shape index (κ3) is 4.17. The van der Waals surface area contributed by atoms with E-state index >= 15 is 0 Å². The zero-order valence-electron chi connectivity index (χ0n) is 14.5. The van der Waals surface area contributed by atoms with Gasteiger partial charge in [0, 0.05) is 22.8 Å². The van der Waals surface area contributed by atoms with Gasteiger partial charge >= 0.3 is 5.97 Å². The van der Waals surface area contributed by atoms with Crippen molar-refractivity contribution in [2.45, 2.75) is 27.2 Å². The molecule has 7 heteroatoms. The highest BCUT2D eigenvalue weighted by Gasteiger charge is 2.24. The molecule has 1 amide bonds. The molecule has 1 aromatic heterocycles. The Morgan fingerprint density at radius 2 is 1.92 bits per heavy atom. The van der Waals surface area contributed by atoms with Crippen molar-refractivity contribution < 1.29 is 19.1 Å². The predicted molar refractivity (Wildman–Crippen MR) is 98.1 cm³/mol. The molecule has 0 bridgehead atoms. The fraction of sp³-hybridized carbons (Fsp3) is 0.278. The van der Waals surface area contributed by atoms with Crippen LogP contribution in [0.3, 0.4) is 0 Å². The number of halogens is 1. The summed E-state index contributed by atoms with van der Waals surface area (Å²) in [6.07, 6.45) is -0.0793. The van der Waals surface area contributed by atoms with Crippen molar-refractivity contribution in [1.29, 1.82) is 0 Å². The fourth-order valence-electron chi connectivity index (χ4n) is 2.56. The molecule has 0 aliphatic rings. The zero-order chi connectivity index (χ0) is 18.7. The number of hydrogen-bond acceptors (Lipinski definition) is 4. The van der Waals surface area contributed by atoms with Gasteiger partial charge in [-0.25, -0.2) is 4.79 Å². The molecule has 6 nitrogen and oxygen atoms in total. The topological polar surface area (TPSA) is 88.3 Å². The summed E-state index contributed by atoms with van der Waals surface area (Å²) in [5.41, 5.74) is 3.07. The Morgan fingerprint density at radius 3 is 2.48 bits per heavy atom. The van der Waals surface area contributed by atoms with E-state index in [1.165, 1.54) is 14.0 Å². The first-order valence-electron chi connectivity index (χ1n) is 7.61. The molecule has 2 rings (SSSR count). The Balaban J connectivity index is 2.27. The van der Waals surface area contributed by atoms with Gasteiger partial charge in [-0.15, -0.1) is 0 Å². The van der Waals surface area contributed by atoms with Gasteiger partial charge in [0.1, 0.15) is 0 Å². The largest absolute Gasteiger partial charge is 0.465 e. The van der Waals surface area contributed by atoms with Crippen LogP contribution in [-0.2, 0) is 16.0 Å². The number of amides is 1. The second kappa shape index (κ2) is 7.65. The summed E-state index contributed by atoms with van der Waals surface area (Å²) in [5.74, 6) is -1.10. The summed E-state index contributed by atoms with van der Waals surface area (Å²) >= 11 is 3.42. The molecule has 0 atom stereocenters. The highest BCUT2D eigenvalue weighted by atomic mass is 79.9. The Morgan fingerprint density at radius 1 is 1.24 bits per heavy atom. The normalized spacial score (nSPS) is 10.4. The second-order valence-corrected chi connectivity index (χ2v) is 6.57. The summed E-state index contributed by atoms with van der Waals surface area (Å²) in [7, 11) is 1.26. The van der Waals surface area contributed by atoms with Gasteiger partial charge < -0.3 is 15.0 Å². The number of anilines is 1. The first kappa shape index (κ1) is 18.9. The number of esters is 1. The van der Waals surface area contributed by atoms with E-state index in [4.69, 9.17) is 4.74 Å². The zero-order valence-corrected chi connectivity index (χ0v) is 16.0. The van der Waals surface area contributed by atoms with Gasteiger partial charge in [0.15, 0.2) is 5.78 Å². The molecule has 0 radical (unpaired) electrons. The van der Waals surface area contributed by atoms with Crippen molar-refractivity contribution >= 4 is 39.3 Å². The van der Waals surface area contributed by atoms with Crippen LogP contribution in [0, 0.1) is 13.8 Å². The molecule has 0 aliphatic heterocycles. The van der Waals surface area contributed by atoms with Crippen LogP contribution in [0.2, 0.25) is 0 Å². The van der Waals surface area contributed by atoms with Gasteiger partial charge in [-0.05, 0) is 37.1 Å². The molecule has 132 valence electrons. The summed E-state index contributed by atoms with van der Waals surface area (Å²) in [6.45, 7) is 4.99. The number of methoxy groups -OCH3 is 1. The minimum absolute atomic E-state index is 0.0793. The van der Waals surface area contributed by atoms with Crippen LogP contribution in [0.25, 0.3) is 0 Å². The minimum Gasteiger partial charge on any atom is -0.465 e. The number of hydrogen-bond donors (Lipinski definition) is 2. The highest BCUT2D eigenvalue weighted by Crippen LogP contribution is 2.23. The van der Waals surface area contributed by atoms with Gasteiger partial charge in [-0.3, -0.25) is 9.59 Å². The SMILES string of the molecule is COC(=O)c1c(CC(=O)Nc2ccc(C)c(Br)c2)[nH]c(C(C)=O)c1C. The van der Waals surface area contributed by atoms with Crippen LogP contribution in [-0.4, -0.2) is 29.8 Å². The van der Waals surface area contributed by atoms with E-state index in [1.807, 2.05) is 13.0 Å². The molecule has 0 saturated carbocycles. The maximum Gasteiger partial charge on any atom is 0.339 e. The number of H-pyrrole nitrogens is 1. The number of Topliss-reactive ketones (excluding diaryl/α,β-unsaturated/α-hetero) is 1. The number of rotatable bonds is 5. The Hall–Kier alpha value is -2.41. The monoisotopic (exact) mass is 406 g/mol. The van der Waals surface area contributed by atoms with Crippen LogP contribution in [0.1, 0.15) is 44.6 Å². The lowest BCUT2D eigenvalue weighted by atomic mass is 10.1. The van der Waals surface area contributed by atoms with E-state index in [1.54, 1.807) is 19.1 Å². The molecule has 0 spiro atoms. The minimum atomic E-state index is -0.581. The lowest BCUT2D eigenvalue weighted by Crippen LogP contribution is -2.17. The first-order valence-corrected chi connectivity index (χ1v) is 8.40. The highest BCUT2D eigenvalue weighted by molar-refractivity contribution is 9.10. The maximum atomic E-state index is 12.3. The van der Waals surface area contributed by atoms with Gasteiger partial charge in [0.2, 0.25) is 5.91 Å². The van der Waals surface area contributed by atoms with Crippen molar-refractivity contribution in [1.82, 2.24) is 4.98 Å². The van der Waals surface area contributed by atoms with Crippen molar-refractivity contribution in [3.8, 4) is 0 Å². The number of nitrogens with one attached hydrogen (secondary N) is 2. The molecular weight excluding hydrogens is 388 g/mol. The second-order valence-electron chi connectivity index (χ2n) is 5.72. The van der Waals surface area contributed by atoms with E-state index in [-0.39, 0.29) is 23.7 Å². The van der Waals surface area contributed by atoms with E-state index in [0.717, 1.165) is 10.0 Å². The first-order chi connectivity index (χ1) is 11.7. The summed E-state index contributed by atoms with van der Waals surface area (Å²) in [6, 6.07) is 5.47. The third-order valence-corrected chi connectivity index (χ3v) is 4.72. The lowest BCUT2D eigenvalue weighted by Gasteiger charge is -2.08. The van der Waals surface area contributed by atoms with E-state index in [2.05, 4.69) is 26.2 Å². The van der Waals surface area contributed by atoms with Crippen LogP contribution in [0.15, 0.2) is 22.7 Å². The number of carbonyl (C=O) groups excluding carboxylic acids is 3. The Labute approximate surface area is 154 Å². The number of aryl methyl sites for hydroxylation is 1. The summed E-state index contributed by atoms with van der Waals surface area (Å²) < 4.78 is 5.66. The number of ether oxygens (including phenoxy) is 1. The van der Waals surface area contributed by atoms with Crippen LogP contribution in [0.5, 0.6) is 0 Å². The molecular formula is C18H19BrN2O4. The smallest absolute Gasteiger partial charge is 0.339 e. The van der Waals surface area contributed by atoms with Crippen molar-refractivity contribution in [2.24, 2.45) is 0 Å². The van der Waals surface area contributed by atoms with Crippen LogP contribution in [0.4, 0.5) is 5.69 Å². The fourth-order valence-corrected chi connectivity index (χ4v) is 2.94. The molecule has 0 aliphatic carbocycles. The maximum absolute atomic E-state index is 12.3. The van der Waals surface area contributed by atoms with Crippen LogP contribution >= 0.6 is 15.9 Å². The molecule has 25 heavy (non-hydrogen) atoms. The van der Waals surface area contributed by atoms with Gasteiger partial charge in [0.25, 0.3) is 0 Å². The summed E-state index contributed by atoms with van der Waals surface area (Å²) in [5, 5.41) is 2.77.